The summed E-state index contributed by atoms with van der Waals surface area (Å²) in [5.74, 6) is -1.72. The van der Waals surface area contributed by atoms with E-state index in [1.165, 1.54) is 30.3 Å². The molecule has 6 nitrogen and oxygen atoms in total. The Labute approximate surface area is 206 Å². The molecule has 14 heteroatoms. The first kappa shape index (κ1) is 25.3. The Balaban J connectivity index is 1.81. The molecule has 0 aliphatic heterocycles. The number of carbonyl (C=O) groups is 1. The Morgan fingerprint density at radius 2 is 1.79 bits per heavy atom. The van der Waals surface area contributed by atoms with E-state index < -0.39 is 40.1 Å². The molecule has 2 aromatic carbocycles. The van der Waals surface area contributed by atoms with Crippen molar-refractivity contribution in [3.8, 4) is 17.3 Å². The van der Waals surface area contributed by atoms with E-state index in [0.717, 1.165) is 33.3 Å². The number of nitrogens with one attached hydrogen (secondary N) is 1. The lowest BCUT2D eigenvalue weighted by Gasteiger charge is -2.16. The molecule has 33 heavy (non-hydrogen) atoms. The fourth-order valence-electron chi connectivity index (χ4n) is 2.54. The lowest BCUT2D eigenvalue weighted by atomic mass is 10.3. The number of alkyl halides is 6. The summed E-state index contributed by atoms with van der Waals surface area (Å²) in [6, 6.07) is 10.1. The van der Waals surface area contributed by atoms with E-state index in [2.05, 4.69) is 15.2 Å². The highest BCUT2D eigenvalue weighted by Gasteiger charge is 2.36. The van der Waals surface area contributed by atoms with Gasteiger partial charge in [-0.2, -0.15) is 31.7 Å². The Morgan fingerprint density at radius 1 is 1.09 bits per heavy atom. The van der Waals surface area contributed by atoms with Crippen LogP contribution >= 0.6 is 45.8 Å². The van der Waals surface area contributed by atoms with Gasteiger partial charge in [0.25, 0.3) is 5.91 Å². The predicted molar refractivity (Wildman–Crippen MR) is 119 cm³/mol. The van der Waals surface area contributed by atoms with Crippen molar-refractivity contribution in [2.24, 2.45) is 0 Å². The molecule has 0 spiro atoms. The van der Waals surface area contributed by atoms with E-state index in [-0.39, 0.29) is 21.4 Å². The largest absolute Gasteiger partial charge is 0.467 e. The first-order valence-electron chi connectivity index (χ1n) is 8.73. The minimum Gasteiger partial charge on any atom is -0.467 e. The minimum atomic E-state index is -4.78. The van der Waals surface area contributed by atoms with E-state index in [9.17, 15) is 26.7 Å². The normalized spacial score (nSPS) is 11.9. The summed E-state index contributed by atoms with van der Waals surface area (Å²) >= 11 is 12.6. The molecule has 3 aromatic rings. The lowest BCUT2D eigenvalue weighted by Crippen LogP contribution is -2.22. The summed E-state index contributed by atoms with van der Waals surface area (Å²) < 4.78 is 72.9. The molecule has 176 valence electrons. The van der Waals surface area contributed by atoms with Gasteiger partial charge < -0.3 is 14.8 Å². The molecule has 0 radical (unpaired) electrons. The third-order valence-corrected chi connectivity index (χ3v) is 4.62. The van der Waals surface area contributed by atoms with Crippen molar-refractivity contribution < 1.29 is 36.2 Å². The van der Waals surface area contributed by atoms with Crippen LogP contribution in [0.25, 0.3) is 5.69 Å². The van der Waals surface area contributed by atoms with Gasteiger partial charge in [-0.1, -0.05) is 35.3 Å². The third kappa shape index (κ3) is 6.84. The maximum absolute atomic E-state index is 13.2. The van der Waals surface area contributed by atoms with Crippen molar-refractivity contribution in [3.63, 3.8) is 0 Å². The molecule has 0 atom stereocenters. The van der Waals surface area contributed by atoms with Crippen LogP contribution in [0, 0.1) is 0 Å². The van der Waals surface area contributed by atoms with Crippen molar-refractivity contribution in [2.45, 2.75) is 10.3 Å². The van der Waals surface area contributed by atoms with E-state index >= 15 is 0 Å². The monoisotopic (exact) mass is 621 g/mol. The lowest BCUT2D eigenvalue weighted by molar-refractivity contribution is -0.141. The van der Waals surface area contributed by atoms with Crippen LogP contribution in [0.3, 0.4) is 0 Å². The number of nitrogens with zero attached hydrogens (tertiary/aromatic N) is 2. The van der Waals surface area contributed by atoms with Crippen LogP contribution in [0.4, 0.5) is 27.6 Å². The van der Waals surface area contributed by atoms with Crippen LogP contribution in [0.5, 0.6) is 11.6 Å². The Kier molecular flexibility index (Phi) is 7.59. The van der Waals surface area contributed by atoms with Gasteiger partial charge in [0.15, 0.2) is 18.1 Å². The van der Waals surface area contributed by atoms with Crippen LogP contribution in [0.1, 0.15) is 5.69 Å². The molecule has 1 N–H and O–H groups in total. The molecule has 0 aliphatic carbocycles. The Bertz CT molecular complexity index is 1170. The molecular weight excluding hydrogens is 611 g/mol. The van der Waals surface area contributed by atoms with Crippen molar-refractivity contribution in [1.82, 2.24) is 9.78 Å². The number of hydrogen-bond acceptors (Lipinski definition) is 4. The molecule has 1 aromatic heterocycles. The summed E-state index contributed by atoms with van der Waals surface area (Å²) in [5.41, 5.74) is -1.34. The molecule has 1 amide bonds. The number of amides is 1. The molecule has 1 heterocycles. The molecule has 3 rings (SSSR count). The summed E-state index contributed by atoms with van der Waals surface area (Å²) in [5, 5.41) is 5.91. The summed E-state index contributed by atoms with van der Waals surface area (Å²) in [4.78, 5) is 12.3. The van der Waals surface area contributed by atoms with E-state index in [1.807, 2.05) is 0 Å². The smallest absolute Gasteiger partial charge is 0.451 e. The van der Waals surface area contributed by atoms with Crippen LogP contribution in [-0.4, -0.2) is 26.4 Å². The SMILES string of the molecule is O=C(COc1cc(C(F)(F)F)nn1-c1ccccc1Cl)Nc1ccc(Cl)cc1OC(F)(F)I. The average molecular weight is 622 g/mol. The van der Waals surface area contributed by atoms with Crippen LogP contribution < -0.4 is 14.8 Å². The summed E-state index contributed by atoms with van der Waals surface area (Å²) in [6.07, 6.45) is -4.78. The standard InChI is InChI=1S/C19H11Cl2F5IN3O3/c20-10-5-6-12(14(7-10)33-19(25,26)27)28-16(31)9-32-17-8-15(18(22,23)24)29-30(17)13-4-2-1-3-11(13)21/h1-8H,9H2,(H,28,31). The second kappa shape index (κ2) is 9.89. The fraction of sp³-hybridized carbons (Fsp3) is 0.158. The van der Waals surface area contributed by atoms with Gasteiger partial charge in [-0.05, 0) is 24.3 Å². The zero-order valence-corrected chi connectivity index (χ0v) is 19.6. The third-order valence-electron chi connectivity index (χ3n) is 3.84. The molecular formula is C19H11Cl2F5IN3O3. The molecule has 0 bridgehead atoms. The summed E-state index contributed by atoms with van der Waals surface area (Å²) in [6.45, 7) is -0.782. The predicted octanol–water partition coefficient (Wildman–Crippen LogP) is 6.58. The maximum Gasteiger partial charge on any atom is 0.451 e. The van der Waals surface area contributed by atoms with E-state index in [1.54, 1.807) is 6.07 Å². The zero-order chi connectivity index (χ0) is 24.4. The molecule has 0 fully saturated rings. The minimum absolute atomic E-state index is 0.0724. The number of hydrogen-bond donors (Lipinski definition) is 1. The van der Waals surface area contributed by atoms with Gasteiger partial charge in [-0.3, -0.25) is 4.79 Å². The number of benzene rings is 2. The number of ether oxygens (including phenoxy) is 2. The van der Waals surface area contributed by atoms with Crippen molar-refractivity contribution >= 4 is 57.4 Å². The zero-order valence-electron chi connectivity index (χ0n) is 16.0. The van der Waals surface area contributed by atoms with E-state index in [4.69, 9.17) is 27.9 Å². The van der Waals surface area contributed by atoms with Crippen molar-refractivity contribution in [3.05, 3.63) is 64.3 Å². The Hall–Kier alpha value is -2.32. The van der Waals surface area contributed by atoms with Crippen molar-refractivity contribution in [2.75, 3.05) is 11.9 Å². The fourth-order valence-corrected chi connectivity index (χ4v) is 3.15. The number of aromatic nitrogens is 2. The van der Waals surface area contributed by atoms with Gasteiger partial charge in [0.05, 0.1) is 39.0 Å². The number of rotatable bonds is 7. The quantitative estimate of drug-likeness (QED) is 0.184. The molecule has 0 unspecified atom stereocenters. The van der Waals surface area contributed by atoms with Crippen LogP contribution in [0.15, 0.2) is 48.5 Å². The average Bonchev–Trinajstić information content (AvgIpc) is 3.12. The second-order valence-corrected chi connectivity index (χ2v) is 8.35. The first-order valence-corrected chi connectivity index (χ1v) is 10.6. The van der Waals surface area contributed by atoms with Crippen LogP contribution in [-0.2, 0) is 11.0 Å². The van der Waals surface area contributed by atoms with Gasteiger partial charge in [0.1, 0.15) is 0 Å². The number of para-hydroxylation sites is 1. The van der Waals surface area contributed by atoms with Crippen LogP contribution in [0.2, 0.25) is 10.0 Å². The number of anilines is 1. The maximum atomic E-state index is 13.2. The number of halogens is 8. The molecule has 0 saturated heterocycles. The Morgan fingerprint density at radius 3 is 2.42 bits per heavy atom. The highest BCUT2D eigenvalue weighted by atomic mass is 127. The van der Waals surface area contributed by atoms with Gasteiger partial charge in [-0.15, -0.1) is 0 Å². The molecule has 0 aliphatic rings. The van der Waals surface area contributed by atoms with Gasteiger partial charge in [0.2, 0.25) is 5.88 Å². The highest BCUT2D eigenvalue weighted by Crippen LogP contribution is 2.36. The topological polar surface area (TPSA) is 65.4 Å². The van der Waals surface area contributed by atoms with E-state index in [0.29, 0.717) is 6.07 Å². The second-order valence-electron chi connectivity index (χ2n) is 6.25. The molecule has 0 saturated carbocycles. The van der Waals surface area contributed by atoms with Crippen molar-refractivity contribution in [1.29, 1.82) is 0 Å². The highest BCUT2D eigenvalue weighted by molar-refractivity contribution is 14.1. The van der Waals surface area contributed by atoms with Gasteiger partial charge in [-0.25, -0.2) is 0 Å². The number of carbonyl (C=O) groups excluding carboxylic acids is 1. The van der Waals surface area contributed by atoms with Gasteiger partial charge in [0, 0.05) is 17.2 Å². The summed E-state index contributed by atoms with van der Waals surface area (Å²) in [7, 11) is 0. The van der Waals surface area contributed by atoms with Gasteiger partial charge >= 0.3 is 10.3 Å². The first-order chi connectivity index (χ1) is 15.3.